The summed E-state index contributed by atoms with van der Waals surface area (Å²) < 4.78 is 0. The van der Waals surface area contributed by atoms with Gasteiger partial charge in [-0.05, 0) is 83.5 Å². The van der Waals surface area contributed by atoms with Gasteiger partial charge >= 0.3 is 0 Å². The third kappa shape index (κ3) is 7.60. The third-order valence-electron chi connectivity index (χ3n) is 11.2. The summed E-state index contributed by atoms with van der Waals surface area (Å²) in [6.45, 7) is 19.7. The Labute approximate surface area is 282 Å². The summed E-state index contributed by atoms with van der Waals surface area (Å²) in [5, 5.41) is 0.679. The third-order valence-corrected chi connectivity index (χ3v) is 11.4. The van der Waals surface area contributed by atoms with Crippen LogP contribution >= 0.6 is 11.6 Å². The Balaban J connectivity index is 1.49. The van der Waals surface area contributed by atoms with Crippen molar-refractivity contribution in [3.8, 4) is 0 Å². The molecular formula is C37H58ClN5O3. The number of nitrogens with zero attached hydrogens (tertiary/aromatic N) is 5. The van der Waals surface area contributed by atoms with Gasteiger partial charge in [-0.3, -0.25) is 19.3 Å². The molecule has 0 bridgehead atoms. The maximum absolute atomic E-state index is 15.0. The van der Waals surface area contributed by atoms with Gasteiger partial charge in [0.2, 0.25) is 17.7 Å². The van der Waals surface area contributed by atoms with Gasteiger partial charge < -0.3 is 19.6 Å². The quantitative estimate of drug-likeness (QED) is 0.428. The molecule has 0 aromatic heterocycles. The highest BCUT2D eigenvalue weighted by atomic mass is 35.5. The number of carbonyl (C=O) groups is 3. The monoisotopic (exact) mass is 655 g/mol. The van der Waals surface area contributed by atoms with Crippen LogP contribution in [0.2, 0.25) is 5.02 Å². The number of hydrogen-bond donors (Lipinski definition) is 0. The van der Waals surface area contributed by atoms with Crippen LogP contribution in [0.5, 0.6) is 0 Å². The van der Waals surface area contributed by atoms with Crippen molar-refractivity contribution in [3.05, 3.63) is 34.9 Å². The Morgan fingerprint density at radius 3 is 1.98 bits per heavy atom. The van der Waals surface area contributed by atoms with Crippen LogP contribution in [0, 0.1) is 17.3 Å². The number of carbonyl (C=O) groups excluding carboxylic acids is 3. The van der Waals surface area contributed by atoms with E-state index in [4.69, 9.17) is 11.6 Å². The van der Waals surface area contributed by atoms with Gasteiger partial charge in [-0.2, -0.15) is 0 Å². The van der Waals surface area contributed by atoms with E-state index in [0.717, 1.165) is 50.9 Å². The molecule has 0 N–H and O–H groups in total. The van der Waals surface area contributed by atoms with E-state index in [1.165, 1.54) is 0 Å². The molecule has 46 heavy (non-hydrogen) atoms. The van der Waals surface area contributed by atoms with Gasteiger partial charge in [0.05, 0.1) is 12.0 Å². The van der Waals surface area contributed by atoms with Gasteiger partial charge in [0.25, 0.3) is 0 Å². The molecule has 3 saturated heterocycles. The Morgan fingerprint density at radius 1 is 0.804 bits per heavy atom. The minimum atomic E-state index is -0.562. The number of benzene rings is 1. The van der Waals surface area contributed by atoms with Crippen molar-refractivity contribution in [1.29, 1.82) is 0 Å². The van der Waals surface area contributed by atoms with Gasteiger partial charge in [0, 0.05) is 73.7 Å². The first kappa shape index (κ1) is 35.2. The number of amides is 3. The molecule has 3 aliphatic heterocycles. The first-order chi connectivity index (χ1) is 21.5. The van der Waals surface area contributed by atoms with Crippen LogP contribution in [-0.2, 0) is 14.4 Å². The van der Waals surface area contributed by atoms with Gasteiger partial charge in [-0.25, -0.2) is 0 Å². The molecule has 8 nitrogen and oxygen atoms in total. The maximum atomic E-state index is 15.0. The van der Waals surface area contributed by atoms with E-state index in [9.17, 15) is 14.4 Å². The van der Waals surface area contributed by atoms with Crippen molar-refractivity contribution < 1.29 is 14.4 Å². The molecule has 4 atom stereocenters. The molecule has 1 saturated carbocycles. The van der Waals surface area contributed by atoms with Crippen LogP contribution in [0.1, 0.15) is 92.1 Å². The predicted molar refractivity (Wildman–Crippen MR) is 185 cm³/mol. The highest BCUT2D eigenvalue weighted by molar-refractivity contribution is 6.30. The van der Waals surface area contributed by atoms with E-state index in [1.54, 1.807) is 0 Å². The summed E-state index contributed by atoms with van der Waals surface area (Å²) in [6, 6.07) is 7.32. The molecule has 1 aromatic carbocycles. The summed E-state index contributed by atoms with van der Waals surface area (Å²) in [7, 11) is 2.09. The number of piperazine rings is 1. The molecule has 0 spiro atoms. The lowest BCUT2D eigenvalue weighted by Crippen LogP contribution is -2.54. The lowest BCUT2D eigenvalue weighted by molar-refractivity contribution is -0.147. The highest BCUT2D eigenvalue weighted by Gasteiger charge is 2.51. The second-order valence-electron chi connectivity index (χ2n) is 16.7. The van der Waals surface area contributed by atoms with E-state index >= 15 is 0 Å². The summed E-state index contributed by atoms with van der Waals surface area (Å²) in [6.07, 6.45) is 4.67. The summed E-state index contributed by atoms with van der Waals surface area (Å²) in [5.41, 5.74) is 0.458. The summed E-state index contributed by atoms with van der Waals surface area (Å²) in [5.74, 6) is 0.587. The van der Waals surface area contributed by atoms with Gasteiger partial charge in [-0.15, -0.1) is 0 Å². The van der Waals surface area contributed by atoms with E-state index in [2.05, 4.69) is 49.4 Å². The molecule has 4 aliphatic rings. The zero-order chi connectivity index (χ0) is 33.6. The first-order valence-corrected chi connectivity index (χ1v) is 18.0. The topological polar surface area (TPSA) is 67.4 Å². The van der Waals surface area contributed by atoms with Gasteiger partial charge in [-0.1, -0.05) is 51.4 Å². The Hall–Kier alpha value is -2.16. The lowest BCUT2D eigenvalue weighted by Gasteiger charge is -2.42. The largest absolute Gasteiger partial charge is 0.338 e. The number of halogens is 1. The predicted octanol–water partition coefficient (Wildman–Crippen LogP) is 5.35. The normalized spacial score (nSPS) is 30.1. The number of likely N-dealkylation sites (N-methyl/N-ethyl adjacent to an activating group) is 1. The van der Waals surface area contributed by atoms with Crippen molar-refractivity contribution in [2.24, 2.45) is 17.3 Å². The minimum absolute atomic E-state index is 0.00503. The average molecular weight is 656 g/mol. The molecule has 1 aliphatic carbocycles. The van der Waals surface area contributed by atoms with Crippen molar-refractivity contribution in [1.82, 2.24) is 24.5 Å². The summed E-state index contributed by atoms with van der Waals surface area (Å²) in [4.78, 5) is 54.2. The molecule has 4 fully saturated rings. The van der Waals surface area contributed by atoms with Crippen molar-refractivity contribution in [2.75, 3.05) is 52.9 Å². The van der Waals surface area contributed by atoms with Crippen LogP contribution < -0.4 is 0 Å². The Bertz CT molecular complexity index is 1240. The second kappa shape index (κ2) is 13.8. The Kier molecular flexibility index (Phi) is 10.5. The number of rotatable bonds is 5. The van der Waals surface area contributed by atoms with Crippen molar-refractivity contribution in [3.63, 3.8) is 0 Å². The standard InChI is InChI=1S/C37H58ClN5O3/c1-25-9-15-28(16-10-25)43(35(46)36(2,3)4)29-21-32(34(45)40-19-17-39(8)18-20-40)42(22-29)33(44)31-24-41(37(5,6)7)23-30(31)26-11-13-27(38)14-12-26/h11-14,25,28-32H,9-10,15-24H2,1-8H3/t25?,28?,29-,30-,31+,32-/m0/s1. The van der Waals surface area contributed by atoms with Crippen LogP contribution in [0.4, 0.5) is 0 Å². The van der Waals surface area contributed by atoms with Crippen molar-refractivity contribution in [2.45, 2.75) is 110 Å². The fraction of sp³-hybridized carbons (Fsp3) is 0.757. The molecular weight excluding hydrogens is 598 g/mol. The molecule has 0 radical (unpaired) electrons. The summed E-state index contributed by atoms with van der Waals surface area (Å²) >= 11 is 6.27. The molecule has 5 rings (SSSR count). The lowest BCUT2D eigenvalue weighted by atomic mass is 9.84. The fourth-order valence-electron chi connectivity index (χ4n) is 8.13. The van der Waals surface area contributed by atoms with Crippen LogP contribution in [-0.4, -0.2) is 119 Å². The fourth-order valence-corrected chi connectivity index (χ4v) is 8.26. The first-order valence-electron chi connectivity index (χ1n) is 17.7. The number of hydrogen-bond acceptors (Lipinski definition) is 5. The SMILES string of the molecule is CC1CCC(N(C(=O)C(C)(C)C)[C@H]2C[C@@H](C(=O)N3CCN(C)CC3)N(C(=O)[C@@H]3CN(C(C)(C)C)C[C@H]3c3ccc(Cl)cc3)C2)CC1. The average Bonchev–Trinajstić information content (AvgIpc) is 3.64. The Morgan fingerprint density at radius 2 is 1.41 bits per heavy atom. The van der Waals surface area contributed by atoms with E-state index in [1.807, 2.05) is 54.8 Å². The maximum Gasteiger partial charge on any atom is 0.245 e. The van der Waals surface area contributed by atoms with Crippen molar-refractivity contribution >= 4 is 29.3 Å². The smallest absolute Gasteiger partial charge is 0.245 e. The van der Waals surface area contributed by atoms with E-state index in [0.29, 0.717) is 43.5 Å². The van der Waals surface area contributed by atoms with E-state index < -0.39 is 11.5 Å². The van der Waals surface area contributed by atoms with Crippen LogP contribution in [0.3, 0.4) is 0 Å². The second-order valence-corrected chi connectivity index (χ2v) is 17.2. The zero-order valence-corrected chi connectivity index (χ0v) is 30.4. The van der Waals surface area contributed by atoms with Gasteiger partial charge in [0.15, 0.2) is 0 Å². The number of likely N-dealkylation sites (tertiary alicyclic amines) is 2. The van der Waals surface area contributed by atoms with E-state index in [-0.39, 0.29) is 47.2 Å². The van der Waals surface area contributed by atoms with Crippen LogP contribution in [0.15, 0.2) is 24.3 Å². The molecule has 9 heteroatoms. The zero-order valence-electron chi connectivity index (χ0n) is 29.6. The molecule has 0 unspecified atom stereocenters. The molecule has 3 amide bonds. The highest BCUT2D eigenvalue weighted by Crippen LogP contribution is 2.41. The molecule has 3 heterocycles. The van der Waals surface area contributed by atoms with Crippen LogP contribution in [0.25, 0.3) is 0 Å². The molecule has 256 valence electrons. The minimum Gasteiger partial charge on any atom is -0.338 e. The molecule has 1 aromatic rings. The van der Waals surface area contributed by atoms with Gasteiger partial charge in [0.1, 0.15) is 6.04 Å².